The van der Waals surface area contributed by atoms with Gasteiger partial charge in [0.2, 0.25) is 0 Å². The summed E-state index contributed by atoms with van der Waals surface area (Å²) in [5.74, 6) is -3.23. The minimum absolute atomic E-state index is 0.106. The lowest BCUT2D eigenvalue weighted by molar-refractivity contribution is -0.165. The first kappa shape index (κ1) is 15.0. The van der Waals surface area contributed by atoms with E-state index < -0.39 is 19.0 Å². The van der Waals surface area contributed by atoms with Crippen LogP contribution in [0.15, 0.2) is 0 Å². The molecule has 6 heteroatoms. The van der Waals surface area contributed by atoms with Crippen molar-refractivity contribution in [3.63, 3.8) is 0 Å². The summed E-state index contributed by atoms with van der Waals surface area (Å²) in [6, 6.07) is 0. The maximum atomic E-state index is 12.3. The third kappa shape index (κ3) is 7.90. The number of thiol groups is 1. The van der Waals surface area contributed by atoms with Gasteiger partial charge >= 0.3 is 12.3 Å². The second-order valence-corrected chi connectivity index (χ2v) is 3.70. The minimum Gasteiger partial charge on any atom is -0.375 e. The van der Waals surface area contributed by atoms with Crippen molar-refractivity contribution in [1.82, 2.24) is 0 Å². The summed E-state index contributed by atoms with van der Waals surface area (Å²) in [6.45, 7) is -1.09. The van der Waals surface area contributed by atoms with E-state index in [0.717, 1.165) is 25.0 Å². The standard InChI is InChI=1S/C9H16F4OS/c10-8(11)9(12,13)7-14-5-3-1-2-4-6-15/h8,15H,1-7H2. The van der Waals surface area contributed by atoms with Gasteiger partial charge in [-0.3, -0.25) is 0 Å². The Morgan fingerprint density at radius 3 is 2.20 bits per heavy atom. The first-order valence-corrected chi connectivity index (χ1v) is 5.48. The highest BCUT2D eigenvalue weighted by Gasteiger charge is 2.40. The summed E-state index contributed by atoms with van der Waals surface area (Å²) in [6.07, 6.45) is -0.260. The van der Waals surface area contributed by atoms with Crippen molar-refractivity contribution in [3.8, 4) is 0 Å². The molecule has 1 nitrogen and oxygen atoms in total. The summed E-state index contributed by atoms with van der Waals surface area (Å²) in [5.41, 5.74) is 0. The average Bonchev–Trinajstić information content (AvgIpc) is 2.16. The van der Waals surface area contributed by atoms with Crippen molar-refractivity contribution in [3.05, 3.63) is 0 Å². The first-order chi connectivity index (χ1) is 7.00. The van der Waals surface area contributed by atoms with Crippen LogP contribution in [0.25, 0.3) is 0 Å². The number of alkyl halides is 4. The molecule has 0 rings (SSSR count). The van der Waals surface area contributed by atoms with E-state index in [1.54, 1.807) is 0 Å². The fraction of sp³-hybridized carbons (Fsp3) is 1.00. The van der Waals surface area contributed by atoms with Crippen LogP contribution in [0.4, 0.5) is 17.6 Å². The molecule has 0 saturated heterocycles. The molecule has 0 unspecified atom stereocenters. The zero-order valence-corrected chi connectivity index (χ0v) is 9.29. The second-order valence-electron chi connectivity index (χ2n) is 3.25. The van der Waals surface area contributed by atoms with Crippen molar-refractivity contribution in [2.45, 2.75) is 38.0 Å². The number of hydrogen-bond acceptors (Lipinski definition) is 2. The molecule has 0 aromatic carbocycles. The van der Waals surface area contributed by atoms with Crippen LogP contribution in [-0.4, -0.2) is 31.3 Å². The van der Waals surface area contributed by atoms with Crippen LogP contribution >= 0.6 is 12.6 Å². The van der Waals surface area contributed by atoms with Crippen molar-refractivity contribution >= 4 is 12.6 Å². The van der Waals surface area contributed by atoms with E-state index in [1.165, 1.54) is 0 Å². The molecule has 0 atom stereocenters. The largest absolute Gasteiger partial charge is 0.375 e. The van der Waals surface area contributed by atoms with Gasteiger partial charge in [0.25, 0.3) is 0 Å². The Kier molecular flexibility index (Phi) is 8.23. The fourth-order valence-electron chi connectivity index (χ4n) is 0.941. The summed E-state index contributed by atoms with van der Waals surface area (Å²) in [5, 5.41) is 0. The predicted molar refractivity (Wildman–Crippen MR) is 54.1 cm³/mol. The zero-order chi connectivity index (χ0) is 11.7. The minimum atomic E-state index is -4.02. The second kappa shape index (κ2) is 8.21. The van der Waals surface area contributed by atoms with Crippen LogP contribution in [0.5, 0.6) is 0 Å². The van der Waals surface area contributed by atoms with Crippen LogP contribution in [0.3, 0.4) is 0 Å². The van der Waals surface area contributed by atoms with Crippen molar-refractivity contribution in [2.24, 2.45) is 0 Å². The van der Waals surface area contributed by atoms with E-state index in [0.29, 0.717) is 6.42 Å². The van der Waals surface area contributed by atoms with Gasteiger partial charge in [0, 0.05) is 6.61 Å². The monoisotopic (exact) mass is 248 g/mol. The highest BCUT2D eigenvalue weighted by molar-refractivity contribution is 7.80. The Morgan fingerprint density at radius 1 is 1.07 bits per heavy atom. The normalized spacial score (nSPS) is 12.4. The molecule has 0 aromatic rings. The molecule has 15 heavy (non-hydrogen) atoms. The smallest absolute Gasteiger partial charge is 0.330 e. The fourth-order valence-corrected chi connectivity index (χ4v) is 1.16. The molecule has 0 bridgehead atoms. The maximum Gasteiger partial charge on any atom is 0.330 e. The third-order valence-electron chi connectivity index (χ3n) is 1.81. The number of rotatable bonds is 9. The van der Waals surface area contributed by atoms with Crippen molar-refractivity contribution in [2.75, 3.05) is 19.0 Å². The zero-order valence-electron chi connectivity index (χ0n) is 8.39. The number of halogens is 4. The van der Waals surface area contributed by atoms with E-state index in [-0.39, 0.29) is 6.61 Å². The van der Waals surface area contributed by atoms with Gasteiger partial charge in [-0.25, -0.2) is 8.78 Å². The quantitative estimate of drug-likeness (QED) is 0.374. The number of hydrogen-bond donors (Lipinski definition) is 1. The van der Waals surface area contributed by atoms with Crippen LogP contribution in [0.2, 0.25) is 0 Å². The summed E-state index contributed by atoms with van der Waals surface area (Å²) >= 11 is 4.01. The number of unbranched alkanes of at least 4 members (excludes halogenated alkanes) is 3. The molecule has 0 aliphatic rings. The molecular weight excluding hydrogens is 232 g/mol. The van der Waals surface area contributed by atoms with Gasteiger partial charge in [0.15, 0.2) is 0 Å². The molecule has 0 spiro atoms. The molecule has 0 heterocycles. The highest BCUT2D eigenvalue weighted by Crippen LogP contribution is 2.22. The Balaban J connectivity index is 3.31. The van der Waals surface area contributed by atoms with Gasteiger partial charge in [0.05, 0.1) is 0 Å². The summed E-state index contributed by atoms with van der Waals surface area (Å²) in [4.78, 5) is 0. The number of ether oxygens (including phenoxy) is 1. The summed E-state index contributed by atoms with van der Waals surface area (Å²) < 4.78 is 52.4. The van der Waals surface area contributed by atoms with E-state index in [9.17, 15) is 17.6 Å². The SMILES string of the molecule is FC(F)C(F)(F)COCCCCCCS. The van der Waals surface area contributed by atoms with Gasteiger partial charge in [-0.05, 0) is 18.6 Å². The topological polar surface area (TPSA) is 9.23 Å². The molecule has 0 aliphatic heterocycles. The van der Waals surface area contributed by atoms with E-state index in [1.807, 2.05) is 0 Å². The molecular formula is C9H16F4OS. The van der Waals surface area contributed by atoms with E-state index >= 15 is 0 Å². The van der Waals surface area contributed by atoms with E-state index in [4.69, 9.17) is 0 Å². The first-order valence-electron chi connectivity index (χ1n) is 4.85. The Labute approximate surface area is 92.6 Å². The van der Waals surface area contributed by atoms with Crippen LogP contribution < -0.4 is 0 Å². The van der Waals surface area contributed by atoms with Crippen molar-refractivity contribution in [1.29, 1.82) is 0 Å². The molecule has 92 valence electrons. The average molecular weight is 248 g/mol. The van der Waals surface area contributed by atoms with E-state index in [2.05, 4.69) is 17.4 Å². The Bertz CT molecular complexity index is 155. The molecule has 0 aliphatic carbocycles. The summed E-state index contributed by atoms with van der Waals surface area (Å²) in [7, 11) is 0. The lowest BCUT2D eigenvalue weighted by Gasteiger charge is -2.14. The van der Waals surface area contributed by atoms with Crippen LogP contribution in [-0.2, 0) is 4.74 Å². The van der Waals surface area contributed by atoms with Crippen molar-refractivity contribution < 1.29 is 22.3 Å². The highest BCUT2D eigenvalue weighted by atomic mass is 32.1. The molecule has 0 aromatic heterocycles. The van der Waals surface area contributed by atoms with Crippen LogP contribution in [0.1, 0.15) is 25.7 Å². The molecule has 0 saturated carbocycles. The third-order valence-corrected chi connectivity index (χ3v) is 2.13. The van der Waals surface area contributed by atoms with Crippen LogP contribution in [0, 0.1) is 0 Å². The van der Waals surface area contributed by atoms with Gasteiger partial charge in [-0.1, -0.05) is 12.8 Å². The molecule has 0 N–H and O–H groups in total. The Morgan fingerprint density at radius 2 is 1.67 bits per heavy atom. The van der Waals surface area contributed by atoms with Gasteiger partial charge in [-0.15, -0.1) is 0 Å². The molecule has 0 amide bonds. The van der Waals surface area contributed by atoms with Gasteiger partial charge in [-0.2, -0.15) is 21.4 Å². The predicted octanol–water partition coefficient (Wildman–Crippen LogP) is 3.39. The van der Waals surface area contributed by atoms with Gasteiger partial charge in [0.1, 0.15) is 6.61 Å². The lowest BCUT2D eigenvalue weighted by Crippen LogP contribution is -2.32. The molecule has 0 radical (unpaired) electrons. The Hall–Kier alpha value is 0.0300. The lowest BCUT2D eigenvalue weighted by atomic mass is 10.2. The molecule has 0 fully saturated rings. The maximum absolute atomic E-state index is 12.3. The van der Waals surface area contributed by atoms with Gasteiger partial charge < -0.3 is 4.74 Å².